The van der Waals surface area contributed by atoms with Crippen molar-refractivity contribution in [2.75, 3.05) is 11.5 Å². The molecule has 3 heteroatoms. The first-order valence-corrected chi connectivity index (χ1v) is 5.44. The van der Waals surface area contributed by atoms with Crippen LogP contribution in [0.4, 0.5) is 4.39 Å². The number of thiol groups is 1. The van der Waals surface area contributed by atoms with Crippen LogP contribution < -0.4 is 0 Å². The third kappa shape index (κ3) is 3.50. The molecule has 1 rings (SSSR count). The third-order valence-corrected chi connectivity index (χ3v) is 2.76. The van der Waals surface area contributed by atoms with Gasteiger partial charge in [0.15, 0.2) is 0 Å². The monoisotopic (exact) mass is 202 g/mol. The van der Waals surface area contributed by atoms with Crippen LogP contribution in [0.1, 0.15) is 6.42 Å². The smallest absolute Gasteiger partial charge is 0.124 e. The first kappa shape index (κ1) is 9.93. The van der Waals surface area contributed by atoms with E-state index < -0.39 is 0 Å². The zero-order chi connectivity index (χ0) is 8.81. The second-order valence-electron chi connectivity index (χ2n) is 2.38. The van der Waals surface area contributed by atoms with Crippen LogP contribution in [0, 0.1) is 5.82 Å². The summed E-state index contributed by atoms with van der Waals surface area (Å²) < 4.78 is 12.6. The van der Waals surface area contributed by atoms with E-state index in [2.05, 4.69) is 12.6 Å². The molecule has 0 bridgehead atoms. The average molecular weight is 202 g/mol. The van der Waals surface area contributed by atoms with Gasteiger partial charge in [0.05, 0.1) is 0 Å². The quantitative estimate of drug-likeness (QED) is 0.444. The van der Waals surface area contributed by atoms with Gasteiger partial charge >= 0.3 is 0 Å². The van der Waals surface area contributed by atoms with Crippen LogP contribution in [-0.4, -0.2) is 11.5 Å². The SMILES string of the molecule is Fc1cccc(SCCCS)c1. The van der Waals surface area contributed by atoms with Crippen LogP contribution in [0.15, 0.2) is 29.2 Å². The lowest BCUT2D eigenvalue weighted by Gasteiger charge is -1.99. The number of halogens is 1. The lowest BCUT2D eigenvalue weighted by molar-refractivity contribution is 0.624. The highest BCUT2D eigenvalue weighted by Gasteiger charge is 1.94. The van der Waals surface area contributed by atoms with Gasteiger partial charge in [-0.15, -0.1) is 11.8 Å². The molecule has 0 unspecified atom stereocenters. The minimum absolute atomic E-state index is 0.161. The Morgan fingerprint density at radius 1 is 1.42 bits per heavy atom. The average Bonchev–Trinajstić information content (AvgIpc) is 2.05. The normalized spacial score (nSPS) is 10.2. The zero-order valence-corrected chi connectivity index (χ0v) is 8.38. The highest BCUT2D eigenvalue weighted by atomic mass is 32.2. The van der Waals surface area contributed by atoms with Crippen molar-refractivity contribution in [1.29, 1.82) is 0 Å². The van der Waals surface area contributed by atoms with Gasteiger partial charge in [-0.1, -0.05) is 6.07 Å². The molecule has 0 saturated heterocycles. The maximum absolute atomic E-state index is 12.6. The molecular weight excluding hydrogens is 191 g/mol. The van der Waals surface area contributed by atoms with Crippen molar-refractivity contribution in [1.82, 2.24) is 0 Å². The molecule has 0 nitrogen and oxygen atoms in total. The summed E-state index contributed by atoms with van der Waals surface area (Å²) in [6, 6.07) is 6.68. The highest BCUT2D eigenvalue weighted by Crippen LogP contribution is 2.19. The number of benzene rings is 1. The van der Waals surface area contributed by atoms with Gasteiger partial charge in [0.1, 0.15) is 5.82 Å². The van der Waals surface area contributed by atoms with Gasteiger partial charge in [0, 0.05) is 4.90 Å². The van der Waals surface area contributed by atoms with Gasteiger partial charge in [-0.2, -0.15) is 12.6 Å². The Balaban J connectivity index is 2.41. The minimum Gasteiger partial charge on any atom is -0.207 e. The van der Waals surface area contributed by atoms with Gasteiger partial charge in [-0.3, -0.25) is 0 Å². The summed E-state index contributed by atoms with van der Waals surface area (Å²) in [6.45, 7) is 0. The van der Waals surface area contributed by atoms with Crippen molar-refractivity contribution in [3.8, 4) is 0 Å². The maximum atomic E-state index is 12.6. The van der Waals surface area contributed by atoms with Crippen molar-refractivity contribution in [2.24, 2.45) is 0 Å². The fourth-order valence-electron chi connectivity index (χ4n) is 0.811. The van der Waals surface area contributed by atoms with Gasteiger partial charge in [-0.25, -0.2) is 4.39 Å². The number of rotatable bonds is 4. The second kappa shape index (κ2) is 5.49. The molecule has 66 valence electrons. The van der Waals surface area contributed by atoms with E-state index in [1.165, 1.54) is 6.07 Å². The van der Waals surface area contributed by atoms with Gasteiger partial charge in [0.2, 0.25) is 0 Å². The number of hydrogen-bond acceptors (Lipinski definition) is 2. The van der Waals surface area contributed by atoms with E-state index in [-0.39, 0.29) is 5.82 Å². The predicted octanol–water partition coefficient (Wildman–Crippen LogP) is 3.24. The topological polar surface area (TPSA) is 0 Å². The molecule has 0 aromatic heterocycles. The van der Waals surface area contributed by atoms with E-state index in [0.717, 1.165) is 22.8 Å². The Hall–Kier alpha value is -0.150. The first-order chi connectivity index (χ1) is 5.83. The summed E-state index contributed by atoms with van der Waals surface area (Å²) in [5.41, 5.74) is 0. The van der Waals surface area contributed by atoms with Crippen LogP contribution in [-0.2, 0) is 0 Å². The Kier molecular flexibility index (Phi) is 4.54. The van der Waals surface area contributed by atoms with Crippen molar-refractivity contribution in [2.45, 2.75) is 11.3 Å². The van der Waals surface area contributed by atoms with E-state index in [0.29, 0.717) is 0 Å². The van der Waals surface area contributed by atoms with E-state index in [9.17, 15) is 4.39 Å². The molecule has 0 spiro atoms. The Morgan fingerprint density at radius 2 is 2.25 bits per heavy atom. The molecule has 0 saturated carbocycles. The molecule has 1 aromatic carbocycles. The molecule has 0 aliphatic carbocycles. The van der Waals surface area contributed by atoms with Crippen molar-refractivity contribution in [3.63, 3.8) is 0 Å². The lowest BCUT2D eigenvalue weighted by atomic mass is 10.4. The summed E-state index contributed by atoms with van der Waals surface area (Å²) in [7, 11) is 0. The van der Waals surface area contributed by atoms with E-state index in [1.54, 1.807) is 23.9 Å². The summed E-state index contributed by atoms with van der Waals surface area (Å²) >= 11 is 5.77. The largest absolute Gasteiger partial charge is 0.207 e. The number of thioether (sulfide) groups is 1. The fourth-order valence-corrected chi connectivity index (χ4v) is 2.08. The molecule has 12 heavy (non-hydrogen) atoms. The summed E-state index contributed by atoms with van der Waals surface area (Å²) in [5.74, 6) is 1.74. The molecule has 1 aromatic rings. The molecule has 0 atom stereocenters. The predicted molar refractivity (Wildman–Crippen MR) is 55.6 cm³/mol. The number of hydrogen-bond donors (Lipinski definition) is 1. The molecule has 0 N–H and O–H groups in total. The Labute approximate surface area is 82.0 Å². The van der Waals surface area contributed by atoms with E-state index >= 15 is 0 Å². The fraction of sp³-hybridized carbons (Fsp3) is 0.333. The molecule has 0 amide bonds. The van der Waals surface area contributed by atoms with Gasteiger partial charge < -0.3 is 0 Å². The molecule has 0 aliphatic heterocycles. The molecule has 0 aliphatic rings. The summed E-state index contributed by atoms with van der Waals surface area (Å²) in [4.78, 5) is 0.997. The summed E-state index contributed by atoms with van der Waals surface area (Å²) in [6.07, 6.45) is 1.06. The first-order valence-electron chi connectivity index (χ1n) is 3.82. The molecule has 0 heterocycles. The Bertz CT molecular complexity index is 238. The van der Waals surface area contributed by atoms with Gasteiger partial charge in [-0.05, 0) is 36.1 Å². The molecule has 0 fully saturated rings. The standard InChI is InChI=1S/C9H11FS2/c10-8-3-1-4-9(7-8)12-6-2-5-11/h1,3-4,7,11H,2,5-6H2. The van der Waals surface area contributed by atoms with Crippen LogP contribution >= 0.6 is 24.4 Å². The zero-order valence-electron chi connectivity index (χ0n) is 6.66. The van der Waals surface area contributed by atoms with E-state index in [1.807, 2.05) is 6.07 Å². The lowest BCUT2D eigenvalue weighted by Crippen LogP contribution is -1.81. The maximum Gasteiger partial charge on any atom is 0.124 e. The highest BCUT2D eigenvalue weighted by molar-refractivity contribution is 7.99. The van der Waals surface area contributed by atoms with Crippen LogP contribution in [0.5, 0.6) is 0 Å². The molecular formula is C9H11FS2. The van der Waals surface area contributed by atoms with E-state index in [4.69, 9.17) is 0 Å². The second-order valence-corrected chi connectivity index (χ2v) is 4.00. The Morgan fingerprint density at radius 3 is 2.92 bits per heavy atom. The van der Waals surface area contributed by atoms with Crippen molar-refractivity contribution >= 4 is 24.4 Å². The van der Waals surface area contributed by atoms with Crippen LogP contribution in [0.2, 0.25) is 0 Å². The minimum atomic E-state index is -0.161. The summed E-state index contributed by atoms with van der Waals surface area (Å²) in [5, 5.41) is 0. The van der Waals surface area contributed by atoms with Crippen LogP contribution in [0.3, 0.4) is 0 Å². The van der Waals surface area contributed by atoms with Crippen molar-refractivity contribution in [3.05, 3.63) is 30.1 Å². The van der Waals surface area contributed by atoms with Crippen molar-refractivity contribution < 1.29 is 4.39 Å². The van der Waals surface area contributed by atoms with Gasteiger partial charge in [0.25, 0.3) is 0 Å². The third-order valence-electron chi connectivity index (χ3n) is 1.37. The molecule has 0 radical (unpaired) electrons. The van der Waals surface area contributed by atoms with Crippen LogP contribution in [0.25, 0.3) is 0 Å².